The molecule has 0 aliphatic heterocycles. The number of alkyl carbamates (subject to hydrolysis) is 1. The van der Waals surface area contributed by atoms with Gasteiger partial charge in [0.05, 0.1) is 7.11 Å². The molecule has 0 radical (unpaired) electrons. The number of carbonyl (C=O) groups excluding carboxylic acids is 2. The number of methoxy groups -OCH3 is 1. The van der Waals surface area contributed by atoms with Gasteiger partial charge in [-0.15, -0.1) is 0 Å². The van der Waals surface area contributed by atoms with Crippen molar-refractivity contribution in [3.8, 4) is 5.75 Å². The first-order chi connectivity index (χ1) is 9.96. The summed E-state index contributed by atoms with van der Waals surface area (Å²) in [6.07, 6.45) is 0.316. The summed E-state index contributed by atoms with van der Waals surface area (Å²) >= 11 is 0. The maximum Gasteiger partial charge on any atom is 0.414 e. The van der Waals surface area contributed by atoms with Crippen LogP contribution in [0.2, 0.25) is 0 Å². The number of ether oxygens (including phenoxy) is 2. The van der Waals surface area contributed by atoms with Crippen LogP contribution in [0, 0.1) is 0 Å². The van der Waals surface area contributed by atoms with Gasteiger partial charge in [0, 0.05) is 0 Å². The zero-order valence-electron chi connectivity index (χ0n) is 12.2. The van der Waals surface area contributed by atoms with E-state index in [1.807, 2.05) is 12.2 Å². The Hall–Kier alpha value is -2.37. The molecule has 6 heteroatoms. The Labute approximate surface area is 122 Å². The molecule has 21 heavy (non-hydrogen) atoms. The van der Waals surface area contributed by atoms with Gasteiger partial charge in [0.25, 0.3) is 5.91 Å². The lowest BCUT2D eigenvalue weighted by molar-refractivity contribution is -0.118. The lowest BCUT2D eigenvalue weighted by Crippen LogP contribution is -2.33. The Morgan fingerprint density at radius 2 is 1.95 bits per heavy atom. The van der Waals surface area contributed by atoms with Gasteiger partial charge in [0.1, 0.15) is 11.9 Å². The zero-order chi connectivity index (χ0) is 15.8. The minimum Gasteiger partial charge on any atom is -0.497 e. The molecule has 0 saturated heterocycles. The number of hydrogen-bond donors (Lipinski definition) is 1. The highest BCUT2D eigenvalue weighted by molar-refractivity contribution is 6.03. The molecule has 1 N–H and O–H groups in total. The Kier molecular flexibility index (Phi) is 6.39. The molecule has 114 valence electrons. The number of nitrogens with one attached hydrogen (secondary N) is 1. The first kappa shape index (κ1) is 16.7. The minimum absolute atomic E-state index is 0.341. The SMILES string of the molecule is CCC(C)OC(=O)NC(=O)/C(F)=C/c1ccc(OC)cc1. The van der Waals surface area contributed by atoms with Crippen molar-refractivity contribution in [3.05, 3.63) is 35.7 Å². The van der Waals surface area contributed by atoms with Crippen LogP contribution in [0.25, 0.3) is 6.08 Å². The summed E-state index contributed by atoms with van der Waals surface area (Å²) in [5.41, 5.74) is 0.471. The average Bonchev–Trinajstić information content (AvgIpc) is 2.47. The van der Waals surface area contributed by atoms with E-state index >= 15 is 0 Å². The molecule has 1 atom stereocenters. The Morgan fingerprint density at radius 3 is 2.48 bits per heavy atom. The molecule has 1 aromatic rings. The van der Waals surface area contributed by atoms with Crippen molar-refractivity contribution < 1.29 is 23.5 Å². The molecule has 0 aromatic heterocycles. The van der Waals surface area contributed by atoms with E-state index in [0.29, 0.717) is 17.7 Å². The lowest BCUT2D eigenvalue weighted by Gasteiger charge is -2.10. The van der Waals surface area contributed by atoms with Crippen LogP contribution in [-0.4, -0.2) is 25.2 Å². The van der Waals surface area contributed by atoms with Gasteiger partial charge in [-0.1, -0.05) is 19.1 Å². The first-order valence-corrected chi connectivity index (χ1v) is 6.49. The monoisotopic (exact) mass is 295 g/mol. The molecule has 0 saturated carbocycles. The van der Waals surface area contributed by atoms with Crippen molar-refractivity contribution in [2.75, 3.05) is 7.11 Å². The Morgan fingerprint density at radius 1 is 1.33 bits per heavy atom. The molecule has 0 aliphatic carbocycles. The van der Waals surface area contributed by atoms with Crippen LogP contribution >= 0.6 is 0 Å². The highest BCUT2D eigenvalue weighted by atomic mass is 19.1. The summed E-state index contributed by atoms with van der Waals surface area (Å²) in [6, 6.07) is 6.44. The predicted octanol–water partition coefficient (Wildman–Crippen LogP) is 3.06. The Balaban J connectivity index is 2.64. The second kappa shape index (κ2) is 8.04. The number of amides is 2. The minimum atomic E-state index is -1.14. The molecule has 2 amide bonds. The van der Waals surface area contributed by atoms with Crippen LogP contribution in [0.5, 0.6) is 5.75 Å². The van der Waals surface area contributed by atoms with Crippen LogP contribution in [-0.2, 0) is 9.53 Å². The van der Waals surface area contributed by atoms with E-state index in [-0.39, 0.29) is 6.10 Å². The van der Waals surface area contributed by atoms with Crippen molar-refractivity contribution in [2.45, 2.75) is 26.4 Å². The van der Waals surface area contributed by atoms with Crippen LogP contribution in [0.4, 0.5) is 9.18 Å². The number of halogens is 1. The average molecular weight is 295 g/mol. The van der Waals surface area contributed by atoms with Crippen LogP contribution in [0.3, 0.4) is 0 Å². The van der Waals surface area contributed by atoms with E-state index in [0.717, 1.165) is 6.08 Å². The van der Waals surface area contributed by atoms with Crippen molar-refractivity contribution in [2.24, 2.45) is 0 Å². The summed E-state index contributed by atoms with van der Waals surface area (Å²) in [4.78, 5) is 22.8. The normalized spacial score (nSPS) is 12.5. The molecule has 1 unspecified atom stereocenters. The van der Waals surface area contributed by atoms with E-state index in [4.69, 9.17) is 9.47 Å². The third-order valence-corrected chi connectivity index (χ3v) is 2.72. The highest BCUT2D eigenvalue weighted by Crippen LogP contribution is 2.14. The van der Waals surface area contributed by atoms with E-state index in [2.05, 4.69) is 0 Å². The van der Waals surface area contributed by atoms with Crippen molar-refractivity contribution in [1.29, 1.82) is 0 Å². The van der Waals surface area contributed by atoms with E-state index in [1.165, 1.54) is 7.11 Å². The van der Waals surface area contributed by atoms with E-state index in [1.54, 1.807) is 31.2 Å². The molecule has 0 heterocycles. The fraction of sp³-hybridized carbons (Fsp3) is 0.333. The third-order valence-electron chi connectivity index (χ3n) is 2.72. The quantitative estimate of drug-likeness (QED) is 0.848. The number of rotatable bonds is 5. The number of carbonyl (C=O) groups is 2. The molecule has 1 aromatic carbocycles. The lowest BCUT2D eigenvalue weighted by atomic mass is 10.2. The van der Waals surface area contributed by atoms with Gasteiger partial charge < -0.3 is 9.47 Å². The fourth-order valence-electron chi connectivity index (χ4n) is 1.36. The van der Waals surface area contributed by atoms with Crippen LogP contribution in [0.1, 0.15) is 25.8 Å². The molecule has 0 bridgehead atoms. The van der Waals surface area contributed by atoms with Gasteiger partial charge in [-0.05, 0) is 37.1 Å². The molecular formula is C15H18FNO4. The molecule has 0 spiro atoms. The fourth-order valence-corrected chi connectivity index (χ4v) is 1.36. The van der Waals surface area contributed by atoms with Gasteiger partial charge >= 0.3 is 6.09 Å². The summed E-state index contributed by atoms with van der Waals surface area (Å²) in [6.45, 7) is 3.50. The van der Waals surface area contributed by atoms with Gasteiger partial charge in [0.15, 0.2) is 5.83 Å². The largest absolute Gasteiger partial charge is 0.497 e. The smallest absolute Gasteiger partial charge is 0.414 e. The standard InChI is InChI=1S/C15H18FNO4/c1-4-10(2)21-15(19)17-14(18)13(16)9-11-5-7-12(20-3)8-6-11/h5-10H,4H2,1-3H3,(H,17,18,19)/b13-9-. The number of imide groups is 1. The van der Waals surface area contributed by atoms with Crippen molar-refractivity contribution >= 4 is 18.1 Å². The maximum atomic E-state index is 13.7. The van der Waals surface area contributed by atoms with E-state index in [9.17, 15) is 14.0 Å². The predicted molar refractivity (Wildman–Crippen MR) is 76.5 cm³/mol. The van der Waals surface area contributed by atoms with Crippen LogP contribution < -0.4 is 10.1 Å². The summed E-state index contributed by atoms with van der Waals surface area (Å²) in [5.74, 6) is -1.60. The summed E-state index contributed by atoms with van der Waals surface area (Å²) < 4.78 is 23.4. The number of hydrogen-bond acceptors (Lipinski definition) is 4. The van der Waals surface area contributed by atoms with Crippen molar-refractivity contribution in [1.82, 2.24) is 5.32 Å². The number of benzene rings is 1. The third kappa shape index (κ3) is 5.64. The topological polar surface area (TPSA) is 64.6 Å². The van der Waals surface area contributed by atoms with Gasteiger partial charge in [-0.2, -0.15) is 0 Å². The summed E-state index contributed by atoms with van der Waals surface area (Å²) in [7, 11) is 1.52. The van der Waals surface area contributed by atoms with E-state index < -0.39 is 17.8 Å². The molecule has 0 aliphatic rings. The zero-order valence-corrected chi connectivity index (χ0v) is 12.2. The second-order valence-corrected chi connectivity index (χ2v) is 4.34. The second-order valence-electron chi connectivity index (χ2n) is 4.34. The van der Waals surface area contributed by atoms with Gasteiger partial charge in [-0.3, -0.25) is 10.1 Å². The highest BCUT2D eigenvalue weighted by Gasteiger charge is 2.15. The maximum absolute atomic E-state index is 13.7. The molecule has 1 rings (SSSR count). The summed E-state index contributed by atoms with van der Waals surface area (Å²) in [5, 5.41) is 1.82. The molecule has 0 fully saturated rings. The van der Waals surface area contributed by atoms with Gasteiger partial charge in [0.2, 0.25) is 0 Å². The molecule has 5 nitrogen and oxygen atoms in total. The Bertz CT molecular complexity index is 525. The first-order valence-electron chi connectivity index (χ1n) is 6.49. The molecular weight excluding hydrogens is 277 g/mol. The van der Waals surface area contributed by atoms with Gasteiger partial charge in [-0.25, -0.2) is 9.18 Å². The van der Waals surface area contributed by atoms with Crippen molar-refractivity contribution in [3.63, 3.8) is 0 Å². The van der Waals surface area contributed by atoms with Crippen LogP contribution in [0.15, 0.2) is 30.1 Å².